The van der Waals surface area contributed by atoms with Crippen molar-refractivity contribution >= 4 is 40.3 Å². The molecule has 6 heteroatoms. The standard InChI is InChI=1S/C23H26ClN3OS/c24-18-12-13-21-20(14-18)26-23(27(21)15-17-8-4-3-5-9-17)29-16-22(28)25-19-10-6-1-2-7-11-19/h3-5,8-9,12-14,19H,1-2,6-7,10-11,15-16H2,(H,25,28). The summed E-state index contributed by atoms with van der Waals surface area (Å²) >= 11 is 7.67. The van der Waals surface area contributed by atoms with Crippen LogP contribution >= 0.6 is 23.4 Å². The normalized spacial score (nSPS) is 15.3. The van der Waals surface area contributed by atoms with Crippen LogP contribution in [0.3, 0.4) is 0 Å². The number of imidazole rings is 1. The number of nitrogens with one attached hydrogen (secondary N) is 1. The first-order valence-electron chi connectivity index (χ1n) is 10.3. The van der Waals surface area contributed by atoms with E-state index in [1.54, 1.807) is 0 Å². The van der Waals surface area contributed by atoms with E-state index in [2.05, 4.69) is 22.0 Å². The predicted molar refractivity (Wildman–Crippen MR) is 121 cm³/mol. The van der Waals surface area contributed by atoms with Crippen molar-refractivity contribution in [1.82, 2.24) is 14.9 Å². The smallest absolute Gasteiger partial charge is 0.230 e. The maximum atomic E-state index is 12.5. The Morgan fingerprint density at radius 3 is 2.62 bits per heavy atom. The number of rotatable bonds is 6. The van der Waals surface area contributed by atoms with Crippen LogP contribution < -0.4 is 5.32 Å². The summed E-state index contributed by atoms with van der Waals surface area (Å²) in [5.41, 5.74) is 3.09. The molecule has 1 aliphatic carbocycles. The van der Waals surface area contributed by atoms with Crippen LogP contribution in [0.1, 0.15) is 44.1 Å². The quantitative estimate of drug-likeness (QED) is 0.407. The van der Waals surface area contributed by atoms with E-state index in [9.17, 15) is 4.79 Å². The number of hydrogen-bond donors (Lipinski definition) is 1. The molecular formula is C23H26ClN3OS. The van der Waals surface area contributed by atoms with Gasteiger partial charge in [-0.3, -0.25) is 4.79 Å². The van der Waals surface area contributed by atoms with Crippen LogP contribution in [0.5, 0.6) is 0 Å². The third kappa shape index (κ3) is 5.34. The zero-order chi connectivity index (χ0) is 20.1. The van der Waals surface area contributed by atoms with Crippen LogP contribution in [0.25, 0.3) is 11.0 Å². The number of aromatic nitrogens is 2. The number of nitrogens with zero attached hydrogens (tertiary/aromatic N) is 2. The molecular weight excluding hydrogens is 402 g/mol. The molecule has 152 valence electrons. The monoisotopic (exact) mass is 427 g/mol. The first-order valence-corrected chi connectivity index (χ1v) is 11.7. The van der Waals surface area contributed by atoms with Gasteiger partial charge >= 0.3 is 0 Å². The summed E-state index contributed by atoms with van der Waals surface area (Å²) in [6.45, 7) is 0.714. The molecule has 3 aromatic rings. The van der Waals surface area contributed by atoms with Crippen molar-refractivity contribution in [2.24, 2.45) is 0 Å². The lowest BCUT2D eigenvalue weighted by Crippen LogP contribution is -2.35. The minimum atomic E-state index is 0.0956. The van der Waals surface area contributed by atoms with E-state index in [1.165, 1.54) is 43.0 Å². The summed E-state index contributed by atoms with van der Waals surface area (Å²) in [5, 5.41) is 4.74. The molecule has 0 atom stereocenters. The van der Waals surface area contributed by atoms with E-state index >= 15 is 0 Å². The van der Waals surface area contributed by atoms with Crippen molar-refractivity contribution in [2.75, 3.05) is 5.75 Å². The molecule has 1 saturated carbocycles. The van der Waals surface area contributed by atoms with Crippen LogP contribution in [0, 0.1) is 0 Å². The van der Waals surface area contributed by atoms with Gasteiger partial charge in [0.1, 0.15) is 0 Å². The number of fused-ring (bicyclic) bond motifs is 1. The number of halogens is 1. The van der Waals surface area contributed by atoms with Crippen molar-refractivity contribution in [3.8, 4) is 0 Å². The number of hydrogen-bond acceptors (Lipinski definition) is 3. The number of thioether (sulfide) groups is 1. The van der Waals surface area contributed by atoms with Crippen LogP contribution in [0.15, 0.2) is 53.7 Å². The number of benzene rings is 2. The van der Waals surface area contributed by atoms with Gasteiger partial charge in [-0.15, -0.1) is 0 Å². The van der Waals surface area contributed by atoms with Crippen LogP contribution in [-0.2, 0) is 11.3 Å². The molecule has 0 unspecified atom stereocenters. The Kier molecular flexibility index (Phi) is 6.78. The summed E-state index contributed by atoms with van der Waals surface area (Å²) in [6.07, 6.45) is 7.20. The third-order valence-corrected chi connectivity index (χ3v) is 6.62. The Morgan fingerprint density at radius 2 is 1.86 bits per heavy atom. The van der Waals surface area contributed by atoms with E-state index in [1.807, 2.05) is 36.4 Å². The van der Waals surface area contributed by atoms with E-state index in [0.29, 0.717) is 23.4 Å². The summed E-state index contributed by atoms with van der Waals surface area (Å²) < 4.78 is 2.17. The number of carbonyl (C=O) groups is 1. The average Bonchev–Trinajstić information content (AvgIpc) is 2.88. The zero-order valence-electron chi connectivity index (χ0n) is 16.4. The summed E-state index contributed by atoms with van der Waals surface area (Å²) in [5.74, 6) is 0.473. The minimum Gasteiger partial charge on any atom is -0.353 e. The molecule has 4 rings (SSSR count). The Morgan fingerprint density at radius 1 is 1.10 bits per heavy atom. The molecule has 1 fully saturated rings. The summed E-state index contributed by atoms with van der Waals surface area (Å²) in [7, 11) is 0. The highest BCUT2D eigenvalue weighted by Crippen LogP contribution is 2.27. The molecule has 0 aliphatic heterocycles. The molecule has 0 spiro atoms. The topological polar surface area (TPSA) is 46.9 Å². The number of carbonyl (C=O) groups excluding carboxylic acids is 1. The predicted octanol–water partition coefficient (Wildman–Crippen LogP) is 5.67. The van der Waals surface area contributed by atoms with Gasteiger partial charge in [0.2, 0.25) is 5.91 Å². The lowest BCUT2D eigenvalue weighted by atomic mass is 10.1. The summed E-state index contributed by atoms with van der Waals surface area (Å²) in [4.78, 5) is 17.3. The second-order valence-corrected chi connectivity index (χ2v) is 9.02. The van der Waals surface area contributed by atoms with Gasteiger partial charge in [-0.1, -0.05) is 79.4 Å². The zero-order valence-corrected chi connectivity index (χ0v) is 18.0. The van der Waals surface area contributed by atoms with Crippen molar-refractivity contribution in [3.05, 3.63) is 59.1 Å². The van der Waals surface area contributed by atoms with Gasteiger partial charge in [0, 0.05) is 11.1 Å². The molecule has 29 heavy (non-hydrogen) atoms. The maximum absolute atomic E-state index is 12.5. The Hall–Kier alpha value is -1.98. The van der Waals surface area contributed by atoms with Gasteiger partial charge in [0.15, 0.2) is 5.16 Å². The first-order chi connectivity index (χ1) is 14.2. The van der Waals surface area contributed by atoms with Crippen LogP contribution in [0.4, 0.5) is 0 Å². The molecule has 1 aliphatic rings. The average molecular weight is 428 g/mol. The first kappa shape index (κ1) is 20.3. The van der Waals surface area contributed by atoms with Gasteiger partial charge in [-0.2, -0.15) is 0 Å². The highest BCUT2D eigenvalue weighted by molar-refractivity contribution is 7.99. The highest BCUT2D eigenvalue weighted by Gasteiger charge is 2.17. The number of amides is 1. The molecule has 1 heterocycles. The lowest BCUT2D eigenvalue weighted by Gasteiger charge is -2.16. The van der Waals surface area contributed by atoms with E-state index < -0.39 is 0 Å². The molecule has 0 radical (unpaired) electrons. The van der Waals surface area contributed by atoms with Gasteiger partial charge in [-0.05, 0) is 36.6 Å². The van der Waals surface area contributed by atoms with Crippen molar-refractivity contribution in [1.29, 1.82) is 0 Å². The van der Waals surface area contributed by atoms with Crippen molar-refractivity contribution < 1.29 is 4.79 Å². The van der Waals surface area contributed by atoms with Gasteiger partial charge in [0.05, 0.1) is 23.3 Å². The molecule has 1 amide bonds. The van der Waals surface area contributed by atoms with Crippen molar-refractivity contribution in [3.63, 3.8) is 0 Å². The van der Waals surface area contributed by atoms with E-state index in [-0.39, 0.29) is 5.91 Å². The van der Waals surface area contributed by atoms with Crippen LogP contribution in [0.2, 0.25) is 5.02 Å². The second-order valence-electron chi connectivity index (χ2n) is 7.64. The molecule has 4 nitrogen and oxygen atoms in total. The Bertz CT molecular complexity index is 965. The SMILES string of the molecule is O=C(CSc1nc2cc(Cl)ccc2n1Cc1ccccc1)NC1CCCCCC1. The van der Waals surface area contributed by atoms with E-state index in [0.717, 1.165) is 29.0 Å². The molecule has 0 saturated heterocycles. The molecule has 1 N–H and O–H groups in total. The molecule has 1 aromatic heterocycles. The lowest BCUT2D eigenvalue weighted by molar-refractivity contribution is -0.119. The largest absolute Gasteiger partial charge is 0.353 e. The third-order valence-electron chi connectivity index (χ3n) is 5.41. The fraction of sp³-hybridized carbons (Fsp3) is 0.391. The fourth-order valence-electron chi connectivity index (χ4n) is 3.93. The molecule has 2 aromatic carbocycles. The maximum Gasteiger partial charge on any atom is 0.230 e. The van der Waals surface area contributed by atoms with Crippen LogP contribution in [-0.4, -0.2) is 27.3 Å². The fourth-order valence-corrected chi connectivity index (χ4v) is 4.92. The van der Waals surface area contributed by atoms with E-state index in [4.69, 9.17) is 16.6 Å². The highest BCUT2D eigenvalue weighted by atomic mass is 35.5. The Balaban J connectivity index is 1.49. The van der Waals surface area contributed by atoms with Gasteiger partial charge < -0.3 is 9.88 Å². The Labute approximate surface area is 181 Å². The second kappa shape index (κ2) is 9.68. The minimum absolute atomic E-state index is 0.0956. The van der Waals surface area contributed by atoms with Gasteiger partial charge in [-0.25, -0.2) is 4.98 Å². The van der Waals surface area contributed by atoms with Crippen molar-refractivity contribution in [2.45, 2.75) is 56.3 Å². The molecule has 0 bridgehead atoms. The van der Waals surface area contributed by atoms with Gasteiger partial charge in [0.25, 0.3) is 0 Å². The summed E-state index contributed by atoms with van der Waals surface area (Å²) in [6, 6.07) is 16.4.